The van der Waals surface area contributed by atoms with Gasteiger partial charge in [0.25, 0.3) is 0 Å². The van der Waals surface area contributed by atoms with Crippen molar-refractivity contribution in [2.24, 2.45) is 0 Å². The predicted octanol–water partition coefficient (Wildman–Crippen LogP) is 5.79. The summed E-state index contributed by atoms with van der Waals surface area (Å²) in [7, 11) is 0. The van der Waals surface area contributed by atoms with Crippen molar-refractivity contribution in [2.75, 3.05) is 0 Å². The average Bonchev–Trinajstić information content (AvgIpc) is 3.22. The minimum Gasteiger partial charge on any atom is -0.489 e. The van der Waals surface area contributed by atoms with Crippen molar-refractivity contribution in [1.82, 2.24) is 14.6 Å². The molecule has 1 N–H and O–H groups in total. The maximum Gasteiger partial charge on any atom is 0.219 e. The fourth-order valence-corrected chi connectivity index (χ4v) is 3.57. The van der Waals surface area contributed by atoms with Crippen LogP contribution < -0.4 is 4.74 Å². The van der Waals surface area contributed by atoms with E-state index in [-0.39, 0.29) is 0 Å². The van der Waals surface area contributed by atoms with Gasteiger partial charge in [-0.25, -0.2) is 9.50 Å². The van der Waals surface area contributed by atoms with Crippen molar-refractivity contribution in [2.45, 2.75) is 6.61 Å². The molecule has 0 saturated heterocycles. The van der Waals surface area contributed by atoms with Crippen LogP contribution in [0.2, 0.25) is 0 Å². The summed E-state index contributed by atoms with van der Waals surface area (Å²) in [6.45, 7) is 0.560. The number of hydrogen-bond donors (Lipinski definition) is 1. The Labute approximate surface area is 167 Å². The molecule has 0 unspecified atom stereocenters. The number of rotatable bonds is 4. The fraction of sp³-hybridized carbons (Fsp3) is 0.0435. The van der Waals surface area contributed by atoms with Gasteiger partial charge in [-0.1, -0.05) is 48.5 Å². The zero-order chi connectivity index (χ0) is 18.9. The van der Waals surface area contributed by atoms with E-state index < -0.39 is 0 Å². The SMILES string of the molecule is S=c1nc(-c2ccc3cc(OCc4ccccc4)ccc3c2)cc2cc[nH]n12. The van der Waals surface area contributed by atoms with Gasteiger partial charge in [0.1, 0.15) is 12.4 Å². The highest BCUT2D eigenvalue weighted by atomic mass is 32.1. The van der Waals surface area contributed by atoms with E-state index in [0.717, 1.165) is 38.9 Å². The third-order valence-corrected chi connectivity index (χ3v) is 5.04. The molecule has 2 heterocycles. The second-order valence-electron chi connectivity index (χ2n) is 6.64. The molecule has 5 aromatic rings. The lowest BCUT2D eigenvalue weighted by Gasteiger charge is -2.09. The summed E-state index contributed by atoms with van der Waals surface area (Å²) in [6.07, 6.45) is 1.86. The van der Waals surface area contributed by atoms with Crippen LogP contribution in [0.25, 0.3) is 27.5 Å². The Morgan fingerprint density at radius 3 is 2.61 bits per heavy atom. The van der Waals surface area contributed by atoms with Crippen LogP contribution in [0.15, 0.2) is 85.1 Å². The number of H-pyrrole nitrogens is 1. The van der Waals surface area contributed by atoms with E-state index in [0.29, 0.717) is 11.4 Å². The molecule has 0 spiro atoms. The first-order valence-electron chi connectivity index (χ1n) is 9.04. The lowest BCUT2D eigenvalue weighted by molar-refractivity contribution is 0.306. The van der Waals surface area contributed by atoms with Crippen molar-refractivity contribution in [3.05, 3.63) is 95.4 Å². The van der Waals surface area contributed by atoms with Crippen molar-refractivity contribution < 1.29 is 4.74 Å². The molecule has 0 aliphatic carbocycles. The van der Waals surface area contributed by atoms with Crippen LogP contribution in [0.5, 0.6) is 5.75 Å². The highest BCUT2D eigenvalue weighted by molar-refractivity contribution is 7.71. The van der Waals surface area contributed by atoms with Gasteiger partial charge < -0.3 is 4.74 Å². The molecule has 5 rings (SSSR count). The first-order chi connectivity index (χ1) is 13.8. The second kappa shape index (κ2) is 6.94. The lowest BCUT2D eigenvalue weighted by atomic mass is 10.0. The minimum atomic E-state index is 0.516. The van der Waals surface area contributed by atoms with Crippen LogP contribution in [0.3, 0.4) is 0 Å². The van der Waals surface area contributed by atoms with Gasteiger partial charge >= 0.3 is 0 Å². The summed E-state index contributed by atoms with van der Waals surface area (Å²) in [4.78, 5) is 4.55. The summed E-state index contributed by atoms with van der Waals surface area (Å²) in [5.41, 5.74) is 4.07. The molecule has 0 aliphatic heterocycles. The zero-order valence-corrected chi connectivity index (χ0v) is 15.8. The highest BCUT2D eigenvalue weighted by Crippen LogP contribution is 2.27. The van der Waals surface area contributed by atoms with Gasteiger partial charge in [-0.3, -0.25) is 5.10 Å². The Kier molecular flexibility index (Phi) is 4.14. The topological polar surface area (TPSA) is 42.3 Å². The second-order valence-corrected chi connectivity index (χ2v) is 7.01. The van der Waals surface area contributed by atoms with E-state index >= 15 is 0 Å². The van der Waals surface area contributed by atoms with E-state index in [9.17, 15) is 0 Å². The third-order valence-electron chi connectivity index (χ3n) is 4.76. The number of hydrogen-bond acceptors (Lipinski definition) is 3. The van der Waals surface area contributed by atoms with Crippen LogP contribution in [0.1, 0.15) is 5.56 Å². The molecule has 5 heteroatoms. The number of nitrogens with zero attached hydrogens (tertiary/aromatic N) is 2. The van der Waals surface area contributed by atoms with Crippen LogP contribution in [-0.2, 0) is 6.61 Å². The first kappa shape index (κ1) is 16.7. The van der Waals surface area contributed by atoms with Crippen molar-refractivity contribution >= 4 is 28.5 Å². The highest BCUT2D eigenvalue weighted by Gasteiger charge is 2.06. The normalized spacial score (nSPS) is 11.1. The van der Waals surface area contributed by atoms with E-state index in [1.807, 2.05) is 42.6 Å². The van der Waals surface area contributed by atoms with Crippen LogP contribution >= 0.6 is 12.2 Å². The van der Waals surface area contributed by atoms with Gasteiger partial charge in [0.05, 0.1) is 11.2 Å². The number of ether oxygens (including phenoxy) is 1. The lowest BCUT2D eigenvalue weighted by Crippen LogP contribution is -1.95. The predicted molar refractivity (Wildman–Crippen MR) is 114 cm³/mol. The van der Waals surface area contributed by atoms with Gasteiger partial charge in [-0.15, -0.1) is 0 Å². The molecule has 0 atom stereocenters. The van der Waals surface area contributed by atoms with Crippen LogP contribution in [0, 0.1) is 4.77 Å². The molecule has 0 bridgehead atoms. The van der Waals surface area contributed by atoms with Gasteiger partial charge in [0, 0.05) is 11.8 Å². The largest absolute Gasteiger partial charge is 0.489 e. The Balaban J connectivity index is 1.45. The van der Waals surface area contributed by atoms with Gasteiger partial charge in [0.2, 0.25) is 4.77 Å². The number of aromatic nitrogens is 3. The quantitative estimate of drug-likeness (QED) is 0.399. The summed E-state index contributed by atoms with van der Waals surface area (Å²) in [5.74, 6) is 0.861. The molecule has 136 valence electrons. The standard InChI is InChI=1S/C23H17N3OS/c28-23-25-22(14-20-10-11-24-26(20)23)19-7-6-18-13-21(9-8-17(18)12-19)27-15-16-4-2-1-3-5-16/h1-14,24H,15H2. The minimum absolute atomic E-state index is 0.516. The number of nitrogens with one attached hydrogen (secondary N) is 1. The summed E-state index contributed by atoms with van der Waals surface area (Å²) in [5, 5.41) is 5.33. The van der Waals surface area contributed by atoms with Crippen molar-refractivity contribution in [1.29, 1.82) is 0 Å². The van der Waals surface area contributed by atoms with E-state index in [1.165, 1.54) is 0 Å². The number of fused-ring (bicyclic) bond motifs is 2. The molecular weight excluding hydrogens is 366 g/mol. The maximum atomic E-state index is 5.94. The molecule has 3 aromatic carbocycles. The van der Waals surface area contributed by atoms with E-state index in [2.05, 4.69) is 52.5 Å². The van der Waals surface area contributed by atoms with Crippen molar-refractivity contribution in [3.63, 3.8) is 0 Å². The van der Waals surface area contributed by atoms with Gasteiger partial charge in [0.15, 0.2) is 0 Å². The number of benzene rings is 3. The fourth-order valence-electron chi connectivity index (χ4n) is 3.31. The molecule has 2 aromatic heterocycles. The third kappa shape index (κ3) is 3.17. The molecule has 0 radical (unpaired) electrons. The molecule has 0 saturated carbocycles. The molecule has 28 heavy (non-hydrogen) atoms. The summed E-state index contributed by atoms with van der Waals surface area (Å²) in [6, 6.07) is 26.7. The average molecular weight is 383 g/mol. The van der Waals surface area contributed by atoms with Crippen molar-refractivity contribution in [3.8, 4) is 17.0 Å². The maximum absolute atomic E-state index is 5.94. The van der Waals surface area contributed by atoms with Gasteiger partial charge in [-0.05, 0) is 58.9 Å². The van der Waals surface area contributed by atoms with E-state index in [1.54, 1.807) is 4.52 Å². The summed E-state index contributed by atoms with van der Waals surface area (Å²) >= 11 is 5.38. The van der Waals surface area contributed by atoms with E-state index in [4.69, 9.17) is 17.0 Å². The smallest absolute Gasteiger partial charge is 0.219 e. The molecule has 0 aliphatic rings. The Bertz CT molecular complexity index is 1340. The molecule has 0 amide bonds. The summed E-state index contributed by atoms with van der Waals surface area (Å²) < 4.78 is 8.24. The van der Waals surface area contributed by atoms with Gasteiger partial charge in [-0.2, -0.15) is 0 Å². The van der Waals surface area contributed by atoms with Crippen LogP contribution in [-0.4, -0.2) is 14.6 Å². The number of aromatic amines is 1. The Hall–Kier alpha value is -3.44. The molecular formula is C23H17N3OS. The zero-order valence-electron chi connectivity index (χ0n) is 15.0. The monoisotopic (exact) mass is 383 g/mol. The molecule has 4 nitrogen and oxygen atoms in total. The molecule has 0 fully saturated rings. The Morgan fingerprint density at radius 2 is 1.71 bits per heavy atom. The Morgan fingerprint density at radius 1 is 0.893 bits per heavy atom. The first-order valence-corrected chi connectivity index (χ1v) is 9.45. The van der Waals surface area contributed by atoms with Crippen LogP contribution in [0.4, 0.5) is 0 Å².